The van der Waals surface area contributed by atoms with Gasteiger partial charge in [0.05, 0.1) is 19.3 Å². The highest BCUT2D eigenvalue weighted by Crippen LogP contribution is 2.56. The first-order valence-electron chi connectivity index (χ1n) is 8.07. The summed E-state index contributed by atoms with van der Waals surface area (Å²) < 4.78 is 35.1. The van der Waals surface area contributed by atoms with Crippen LogP contribution in [0, 0.1) is 0 Å². The van der Waals surface area contributed by atoms with Crippen molar-refractivity contribution in [3.05, 3.63) is 0 Å². The minimum atomic E-state index is -3.77. The molecular weight excluding hydrogens is 335 g/mol. The highest BCUT2D eigenvalue weighted by molar-refractivity contribution is 7.55. The molecule has 8 heteroatoms. The number of rotatable bonds is 9. The fourth-order valence-electron chi connectivity index (χ4n) is 1.52. The van der Waals surface area contributed by atoms with E-state index in [9.17, 15) is 9.36 Å². The Balaban J connectivity index is 5.72. The predicted molar refractivity (Wildman–Crippen MR) is 94.2 cm³/mol. The van der Waals surface area contributed by atoms with E-state index in [1.165, 1.54) is 0 Å². The van der Waals surface area contributed by atoms with Crippen molar-refractivity contribution in [3.8, 4) is 0 Å². The van der Waals surface area contributed by atoms with E-state index < -0.39 is 27.7 Å². The van der Waals surface area contributed by atoms with Crippen molar-refractivity contribution in [3.63, 3.8) is 0 Å². The van der Waals surface area contributed by atoms with Crippen LogP contribution in [-0.2, 0) is 27.6 Å². The molecule has 0 radical (unpaired) electrons. The van der Waals surface area contributed by atoms with Crippen LogP contribution in [0.1, 0.15) is 48.5 Å². The summed E-state index contributed by atoms with van der Waals surface area (Å²) in [5.41, 5.74) is 0. The molecule has 0 aliphatic carbocycles. The summed E-state index contributed by atoms with van der Waals surface area (Å²) in [5.74, 6) is -2.05. The topological polar surface area (TPSA) is 71.1 Å². The van der Waals surface area contributed by atoms with Gasteiger partial charge in [0.25, 0.3) is 0 Å². The molecule has 0 aromatic carbocycles. The third-order valence-corrected chi connectivity index (χ3v) is 10.4. The maximum atomic E-state index is 13.1. The Morgan fingerprint density at radius 3 is 1.83 bits per heavy atom. The number of hydrogen-bond donors (Lipinski definition) is 0. The van der Waals surface area contributed by atoms with Gasteiger partial charge in [-0.3, -0.25) is 4.57 Å². The van der Waals surface area contributed by atoms with Crippen molar-refractivity contribution in [2.45, 2.75) is 78.5 Å². The third-order valence-electron chi connectivity index (χ3n) is 3.67. The molecule has 1 atom stereocenters. The van der Waals surface area contributed by atoms with Gasteiger partial charge in [0.2, 0.25) is 5.85 Å². The Hall–Kier alpha value is -0.203. The van der Waals surface area contributed by atoms with Crippen molar-refractivity contribution >= 4 is 21.9 Å². The Bertz CT molecular complexity index is 420. The number of carbonyl (C=O) groups is 1. The van der Waals surface area contributed by atoms with Crippen molar-refractivity contribution in [2.24, 2.45) is 0 Å². The van der Waals surface area contributed by atoms with Crippen LogP contribution in [0.4, 0.5) is 0 Å². The molecule has 0 bridgehead atoms. The Kier molecular flexibility index (Phi) is 8.69. The molecule has 0 saturated heterocycles. The summed E-state index contributed by atoms with van der Waals surface area (Å²) in [7, 11) is -6.15. The monoisotopic (exact) mass is 368 g/mol. The summed E-state index contributed by atoms with van der Waals surface area (Å²) in [6.07, 6.45) is -0.343. The van der Waals surface area contributed by atoms with Gasteiger partial charge in [0.15, 0.2) is 8.32 Å². The average Bonchev–Trinajstić information content (AvgIpc) is 2.34. The molecular formula is C15H33O6PSi. The van der Waals surface area contributed by atoms with Gasteiger partial charge in [0.1, 0.15) is 0 Å². The lowest BCUT2D eigenvalue weighted by molar-refractivity contribution is -0.153. The lowest BCUT2D eigenvalue weighted by Gasteiger charge is -2.39. The van der Waals surface area contributed by atoms with E-state index in [-0.39, 0.29) is 24.4 Å². The van der Waals surface area contributed by atoms with Crippen LogP contribution in [0.25, 0.3) is 0 Å². The molecule has 0 saturated carbocycles. The van der Waals surface area contributed by atoms with E-state index in [2.05, 4.69) is 0 Å². The second-order valence-electron chi connectivity index (χ2n) is 7.09. The number of carbonyl (C=O) groups excluding carboxylic acids is 1. The second kappa shape index (κ2) is 8.76. The Morgan fingerprint density at radius 1 is 1.09 bits per heavy atom. The molecule has 138 valence electrons. The Morgan fingerprint density at radius 2 is 1.52 bits per heavy atom. The minimum Gasteiger partial charge on any atom is -0.461 e. The van der Waals surface area contributed by atoms with E-state index in [1.54, 1.807) is 27.7 Å². The number of hydrogen-bond acceptors (Lipinski definition) is 6. The van der Waals surface area contributed by atoms with E-state index in [1.807, 2.05) is 33.9 Å². The maximum Gasteiger partial charge on any atom is 0.369 e. The summed E-state index contributed by atoms with van der Waals surface area (Å²) >= 11 is 0. The normalized spacial score (nSPS) is 14.9. The number of ether oxygens (including phenoxy) is 1. The predicted octanol–water partition coefficient (Wildman–Crippen LogP) is 4.55. The SMILES string of the molecule is CCOP(=O)(OCC)C(O[Si](C)(C)C(C)(C)C)C(=O)OC(C)C. The van der Waals surface area contributed by atoms with Crippen LogP contribution in [0.3, 0.4) is 0 Å². The molecule has 0 heterocycles. The molecule has 0 spiro atoms. The first-order chi connectivity index (χ1) is 10.3. The van der Waals surface area contributed by atoms with Crippen LogP contribution in [-0.4, -0.2) is 39.4 Å². The lowest BCUT2D eigenvalue weighted by Crippen LogP contribution is -2.47. The molecule has 0 amide bonds. The third kappa shape index (κ3) is 6.67. The van der Waals surface area contributed by atoms with Gasteiger partial charge in [-0.15, -0.1) is 0 Å². The van der Waals surface area contributed by atoms with Crippen molar-refractivity contribution in [1.29, 1.82) is 0 Å². The fraction of sp³-hybridized carbons (Fsp3) is 0.933. The molecule has 0 aliphatic rings. The maximum absolute atomic E-state index is 13.1. The molecule has 0 fully saturated rings. The minimum absolute atomic E-state index is 0.156. The van der Waals surface area contributed by atoms with Crippen LogP contribution < -0.4 is 0 Å². The zero-order chi connectivity index (χ0) is 18.5. The standard InChI is InChI=1S/C15H33O6PSi/c1-10-18-22(17,19-11-2)14(13(16)20-12(3)4)21-23(8,9)15(5,6)7/h12,14H,10-11H2,1-9H3. The molecule has 0 rings (SSSR count). The molecule has 6 nitrogen and oxygen atoms in total. The molecule has 0 aliphatic heterocycles. The van der Waals surface area contributed by atoms with Crippen LogP contribution >= 0.6 is 7.60 Å². The summed E-state index contributed by atoms with van der Waals surface area (Å²) in [6, 6.07) is 0. The molecule has 1 unspecified atom stereocenters. The van der Waals surface area contributed by atoms with E-state index in [4.69, 9.17) is 18.2 Å². The van der Waals surface area contributed by atoms with Crippen molar-refractivity contribution < 1.29 is 27.6 Å². The van der Waals surface area contributed by atoms with Gasteiger partial charge in [-0.1, -0.05) is 20.8 Å². The quantitative estimate of drug-likeness (QED) is 0.338. The van der Waals surface area contributed by atoms with Crippen LogP contribution in [0.15, 0.2) is 0 Å². The lowest BCUT2D eigenvalue weighted by atomic mass is 10.2. The molecule has 0 aromatic rings. The zero-order valence-corrected chi connectivity index (χ0v) is 17.9. The average molecular weight is 368 g/mol. The highest BCUT2D eigenvalue weighted by Gasteiger charge is 2.50. The van der Waals surface area contributed by atoms with Gasteiger partial charge in [-0.05, 0) is 45.8 Å². The van der Waals surface area contributed by atoms with Gasteiger partial charge < -0.3 is 18.2 Å². The smallest absolute Gasteiger partial charge is 0.369 e. The molecule has 23 heavy (non-hydrogen) atoms. The van der Waals surface area contributed by atoms with E-state index in [0.717, 1.165) is 0 Å². The fourth-order valence-corrected chi connectivity index (χ4v) is 5.22. The zero-order valence-electron chi connectivity index (χ0n) is 16.0. The molecule has 0 aromatic heterocycles. The molecule has 0 N–H and O–H groups in total. The van der Waals surface area contributed by atoms with Crippen LogP contribution in [0.5, 0.6) is 0 Å². The first-order valence-corrected chi connectivity index (χ1v) is 12.6. The van der Waals surface area contributed by atoms with E-state index >= 15 is 0 Å². The van der Waals surface area contributed by atoms with Gasteiger partial charge in [-0.25, -0.2) is 4.79 Å². The van der Waals surface area contributed by atoms with Gasteiger partial charge in [-0.2, -0.15) is 0 Å². The first kappa shape index (κ1) is 22.8. The summed E-state index contributed by atoms with van der Waals surface area (Å²) in [6.45, 7) is 17.2. The van der Waals surface area contributed by atoms with Crippen molar-refractivity contribution in [1.82, 2.24) is 0 Å². The largest absolute Gasteiger partial charge is 0.461 e. The van der Waals surface area contributed by atoms with E-state index in [0.29, 0.717) is 0 Å². The van der Waals surface area contributed by atoms with Gasteiger partial charge in [0, 0.05) is 0 Å². The Labute approximate surface area is 141 Å². The highest BCUT2D eigenvalue weighted by atomic mass is 31.2. The summed E-state index contributed by atoms with van der Waals surface area (Å²) in [4.78, 5) is 12.5. The second-order valence-corrected chi connectivity index (χ2v) is 13.9. The van der Waals surface area contributed by atoms with Crippen LogP contribution in [0.2, 0.25) is 18.1 Å². The number of esters is 1. The summed E-state index contributed by atoms with van der Waals surface area (Å²) in [5, 5.41) is -0.160. The van der Waals surface area contributed by atoms with Gasteiger partial charge >= 0.3 is 13.6 Å². The van der Waals surface area contributed by atoms with Crippen molar-refractivity contribution in [2.75, 3.05) is 13.2 Å².